The molecule has 5 rings (SSSR count). The number of amides is 1. The maximum Gasteiger partial charge on any atom is 0.231 e. The Bertz CT molecular complexity index is 1380. The Kier molecular flexibility index (Phi) is 6.64. The first-order valence-electron chi connectivity index (χ1n) is 11.7. The van der Waals surface area contributed by atoms with E-state index < -0.39 is 5.92 Å². The number of methoxy groups -OCH3 is 1. The fourth-order valence-corrected chi connectivity index (χ4v) is 4.53. The second-order valence-electron chi connectivity index (χ2n) is 8.47. The average Bonchev–Trinajstić information content (AvgIpc) is 3.51. The van der Waals surface area contributed by atoms with Gasteiger partial charge in [0.15, 0.2) is 11.5 Å². The predicted molar refractivity (Wildman–Crippen MR) is 132 cm³/mol. The van der Waals surface area contributed by atoms with Crippen molar-refractivity contribution < 1.29 is 29.2 Å². The lowest BCUT2D eigenvalue weighted by Gasteiger charge is -2.20. The number of para-hydroxylation sites is 2. The molecule has 1 aliphatic heterocycles. The molecule has 0 fully saturated rings. The summed E-state index contributed by atoms with van der Waals surface area (Å²) >= 11 is 0. The van der Waals surface area contributed by atoms with E-state index in [9.17, 15) is 15.0 Å². The molecule has 9 heteroatoms. The molecule has 1 unspecified atom stereocenters. The van der Waals surface area contributed by atoms with Crippen LogP contribution in [0.3, 0.4) is 0 Å². The van der Waals surface area contributed by atoms with Crippen molar-refractivity contribution in [1.29, 1.82) is 0 Å². The lowest BCUT2D eigenvalue weighted by atomic mass is 9.87. The van der Waals surface area contributed by atoms with Gasteiger partial charge in [-0.25, -0.2) is 4.98 Å². The lowest BCUT2D eigenvalue weighted by Crippen LogP contribution is -2.29. The molecule has 0 saturated carbocycles. The van der Waals surface area contributed by atoms with Gasteiger partial charge in [-0.1, -0.05) is 24.3 Å². The summed E-state index contributed by atoms with van der Waals surface area (Å²) in [6.45, 7) is 0.718. The van der Waals surface area contributed by atoms with Crippen molar-refractivity contribution in [3.63, 3.8) is 0 Å². The van der Waals surface area contributed by atoms with Gasteiger partial charge >= 0.3 is 0 Å². The van der Waals surface area contributed by atoms with Crippen LogP contribution < -0.4 is 19.5 Å². The van der Waals surface area contributed by atoms with Crippen LogP contribution in [0.2, 0.25) is 0 Å². The Morgan fingerprint density at radius 3 is 2.64 bits per heavy atom. The summed E-state index contributed by atoms with van der Waals surface area (Å²) in [6, 6.07) is 18.3. The van der Waals surface area contributed by atoms with Crippen molar-refractivity contribution in [2.45, 2.75) is 25.5 Å². The first-order chi connectivity index (χ1) is 17.6. The van der Waals surface area contributed by atoms with Gasteiger partial charge < -0.3 is 34.3 Å². The van der Waals surface area contributed by atoms with Gasteiger partial charge in [0.2, 0.25) is 12.7 Å². The van der Waals surface area contributed by atoms with Crippen LogP contribution in [0.25, 0.3) is 11.0 Å². The number of imidazole rings is 1. The molecule has 4 aromatic rings. The summed E-state index contributed by atoms with van der Waals surface area (Å²) in [5.74, 6) is 1.68. The molecule has 0 bridgehead atoms. The third-order valence-electron chi connectivity index (χ3n) is 6.34. The van der Waals surface area contributed by atoms with E-state index >= 15 is 0 Å². The Morgan fingerprint density at radius 1 is 1.14 bits per heavy atom. The maximum atomic E-state index is 13.1. The van der Waals surface area contributed by atoms with E-state index in [2.05, 4.69) is 10.3 Å². The van der Waals surface area contributed by atoms with Gasteiger partial charge in [-0.3, -0.25) is 4.79 Å². The standard InChI is InChI=1S/C27H27N3O6/c1-34-18-8-6-17(7-9-18)19(20-12-24-25(14-23(20)32)36-16-35-24)13-27(33)28-10-11-30-22-5-3-2-4-21(22)29-26(30)15-31/h2-9,12,14,19,31-32H,10-11,13,15-16H2,1H3,(H,28,33). The van der Waals surface area contributed by atoms with E-state index in [4.69, 9.17) is 14.2 Å². The van der Waals surface area contributed by atoms with E-state index in [-0.39, 0.29) is 31.5 Å². The highest BCUT2D eigenvalue weighted by atomic mass is 16.7. The SMILES string of the molecule is COc1ccc(C(CC(=O)NCCn2c(CO)nc3ccccc32)c2cc3c(cc2O)OCO3)cc1. The summed E-state index contributed by atoms with van der Waals surface area (Å²) in [5.41, 5.74) is 3.12. The summed E-state index contributed by atoms with van der Waals surface area (Å²) < 4.78 is 18.0. The van der Waals surface area contributed by atoms with Gasteiger partial charge in [-0.2, -0.15) is 0 Å². The molecule has 0 aliphatic carbocycles. The van der Waals surface area contributed by atoms with Crippen LogP contribution >= 0.6 is 0 Å². The minimum absolute atomic E-state index is 0.0327. The smallest absolute Gasteiger partial charge is 0.231 e. The van der Waals surface area contributed by atoms with Crippen LogP contribution in [0, 0.1) is 0 Å². The van der Waals surface area contributed by atoms with Crippen molar-refractivity contribution in [3.05, 3.63) is 77.6 Å². The van der Waals surface area contributed by atoms with Crippen LogP contribution in [0.4, 0.5) is 0 Å². The number of nitrogens with zero attached hydrogens (tertiary/aromatic N) is 2. The number of ether oxygens (including phenoxy) is 3. The van der Waals surface area contributed by atoms with Crippen molar-refractivity contribution in [3.8, 4) is 23.0 Å². The number of phenolic OH excluding ortho intramolecular Hbond substituents is 1. The summed E-state index contributed by atoms with van der Waals surface area (Å²) in [6.07, 6.45) is 0.108. The number of hydrogen-bond donors (Lipinski definition) is 3. The number of carbonyl (C=O) groups excluding carboxylic acids is 1. The number of aliphatic hydroxyl groups is 1. The zero-order valence-corrected chi connectivity index (χ0v) is 19.8. The molecule has 1 atom stereocenters. The zero-order valence-electron chi connectivity index (χ0n) is 19.8. The third kappa shape index (κ3) is 4.65. The Labute approximate surface area is 207 Å². The Hall–Kier alpha value is -4.24. The summed E-state index contributed by atoms with van der Waals surface area (Å²) in [7, 11) is 1.59. The first kappa shape index (κ1) is 23.5. The first-order valence-corrected chi connectivity index (χ1v) is 11.7. The number of aromatic nitrogens is 2. The second-order valence-corrected chi connectivity index (χ2v) is 8.47. The van der Waals surface area contributed by atoms with Gasteiger partial charge in [-0.15, -0.1) is 0 Å². The van der Waals surface area contributed by atoms with E-state index in [1.165, 1.54) is 6.07 Å². The number of benzene rings is 3. The monoisotopic (exact) mass is 489 g/mol. The van der Waals surface area contributed by atoms with Gasteiger partial charge in [0.05, 0.1) is 18.1 Å². The molecule has 0 saturated heterocycles. The van der Waals surface area contributed by atoms with Gasteiger partial charge in [0, 0.05) is 37.1 Å². The van der Waals surface area contributed by atoms with Crippen molar-refractivity contribution in [1.82, 2.24) is 14.9 Å². The average molecular weight is 490 g/mol. The van der Waals surface area contributed by atoms with Crippen LogP contribution in [0.15, 0.2) is 60.7 Å². The Balaban J connectivity index is 1.34. The molecule has 3 N–H and O–H groups in total. The number of rotatable bonds is 9. The van der Waals surface area contributed by atoms with Crippen molar-refractivity contribution in [2.24, 2.45) is 0 Å². The lowest BCUT2D eigenvalue weighted by molar-refractivity contribution is -0.121. The number of aliphatic hydroxyl groups excluding tert-OH is 1. The molecule has 2 heterocycles. The molecular formula is C27H27N3O6. The molecule has 9 nitrogen and oxygen atoms in total. The minimum Gasteiger partial charge on any atom is -0.508 e. The Morgan fingerprint density at radius 2 is 1.89 bits per heavy atom. The molecule has 0 spiro atoms. The highest BCUT2D eigenvalue weighted by Crippen LogP contribution is 2.43. The van der Waals surface area contributed by atoms with Crippen LogP contribution in [0.5, 0.6) is 23.0 Å². The fraction of sp³-hybridized carbons (Fsp3) is 0.259. The van der Waals surface area contributed by atoms with Crippen molar-refractivity contribution >= 4 is 16.9 Å². The molecule has 1 amide bonds. The van der Waals surface area contributed by atoms with E-state index in [1.54, 1.807) is 13.2 Å². The summed E-state index contributed by atoms with van der Waals surface area (Å²) in [5, 5.41) is 23.4. The van der Waals surface area contributed by atoms with E-state index in [0.29, 0.717) is 41.7 Å². The number of aromatic hydroxyl groups is 1. The number of hydrogen-bond acceptors (Lipinski definition) is 7. The number of carbonyl (C=O) groups is 1. The molecule has 0 radical (unpaired) electrons. The highest BCUT2D eigenvalue weighted by molar-refractivity contribution is 5.78. The highest BCUT2D eigenvalue weighted by Gasteiger charge is 2.25. The van der Waals surface area contributed by atoms with Crippen molar-refractivity contribution in [2.75, 3.05) is 20.4 Å². The van der Waals surface area contributed by atoms with Crippen LogP contribution in [-0.2, 0) is 17.9 Å². The molecule has 36 heavy (non-hydrogen) atoms. The second kappa shape index (κ2) is 10.2. The fourth-order valence-electron chi connectivity index (χ4n) is 4.53. The van der Waals surface area contributed by atoms with Gasteiger partial charge in [0.25, 0.3) is 0 Å². The maximum absolute atomic E-state index is 13.1. The van der Waals surface area contributed by atoms with E-state index in [0.717, 1.165) is 16.6 Å². The van der Waals surface area contributed by atoms with Crippen LogP contribution in [0.1, 0.15) is 29.3 Å². The normalized spacial score (nSPS) is 13.1. The predicted octanol–water partition coefficient (Wildman–Crippen LogP) is 3.31. The number of phenols is 1. The minimum atomic E-state index is -0.424. The number of fused-ring (bicyclic) bond motifs is 2. The van der Waals surface area contributed by atoms with Gasteiger partial charge in [-0.05, 0) is 35.9 Å². The van der Waals surface area contributed by atoms with Gasteiger partial charge in [0.1, 0.15) is 23.9 Å². The third-order valence-corrected chi connectivity index (χ3v) is 6.34. The molecule has 3 aromatic carbocycles. The molecule has 186 valence electrons. The zero-order chi connectivity index (χ0) is 25.1. The molecule has 1 aliphatic rings. The van der Waals surface area contributed by atoms with E-state index in [1.807, 2.05) is 53.1 Å². The summed E-state index contributed by atoms with van der Waals surface area (Å²) in [4.78, 5) is 17.5. The molecule has 1 aromatic heterocycles. The largest absolute Gasteiger partial charge is 0.508 e. The topological polar surface area (TPSA) is 115 Å². The van der Waals surface area contributed by atoms with Crippen LogP contribution in [-0.4, -0.2) is 46.1 Å². The number of nitrogens with one attached hydrogen (secondary N) is 1. The quantitative estimate of drug-likeness (QED) is 0.330. The molecular weight excluding hydrogens is 462 g/mol.